The molecule has 2 N–H and O–H groups in total. The number of ether oxygens (including phenoxy) is 1. The first-order chi connectivity index (χ1) is 11.1. The molecule has 0 atom stereocenters. The number of hydrogen-bond acceptors (Lipinski definition) is 4. The molecule has 3 rings (SSSR count). The van der Waals surface area contributed by atoms with E-state index in [9.17, 15) is 0 Å². The number of benzene rings is 1. The molecular formula is C18H22BrN3O. The van der Waals surface area contributed by atoms with Crippen LogP contribution in [0.15, 0.2) is 36.4 Å². The van der Waals surface area contributed by atoms with E-state index < -0.39 is 0 Å². The second-order valence-electron chi connectivity index (χ2n) is 6.30. The highest BCUT2D eigenvalue weighted by Crippen LogP contribution is 2.31. The van der Waals surface area contributed by atoms with Crippen LogP contribution in [-0.2, 0) is 4.74 Å². The number of aryl methyl sites for hydroxylation is 2. The summed E-state index contributed by atoms with van der Waals surface area (Å²) < 4.78 is 5.36. The zero-order valence-corrected chi connectivity index (χ0v) is 15.1. The van der Waals surface area contributed by atoms with E-state index in [0.717, 1.165) is 42.3 Å². The second kappa shape index (κ2) is 6.89. The lowest BCUT2D eigenvalue weighted by atomic mass is 9.88. The first-order valence-electron chi connectivity index (χ1n) is 7.79. The molecule has 0 amide bonds. The molecule has 0 radical (unpaired) electrons. The Morgan fingerprint density at radius 1 is 1.22 bits per heavy atom. The number of nitrogens with one attached hydrogen (secondary N) is 2. The molecule has 4 nitrogen and oxygen atoms in total. The maximum Gasteiger partial charge on any atom is 0.130 e. The number of halogens is 1. The number of aromatic nitrogens is 1. The topological polar surface area (TPSA) is 46.2 Å². The van der Waals surface area contributed by atoms with Gasteiger partial charge >= 0.3 is 0 Å². The Labute approximate surface area is 145 Å². The molecule has 0 bridgehead atoms. The lowest BCUT2D eigenvalue weighted by Crippen LogP contribution is -2.49. The van der Waals surface area contributed by atoms with E-state index in [4.69, 9.17) is 4.74 Å². The number of hydrogen-bond donors (Lipinski definition) is 2. The van der Waals surface area contributed by atoms with Crippen molar-refractivity contribution in [2.45, 2.75) is 13.8 Å². The molecule has 122 valence electrons. The third-order valence-corrected chi connectivity index (χ3v) is 5.33. The van der Waals surface area contributed by atoms with Gasteiger partial charge in [0.15, 0.2) is 0 Å². The van der Waals surface area contributed by atoms with Gasteiger partial charge < -0.3 is 15.4 Å². The largest absolute Gasteiger partial charge is 0.384 e. The molecule has 23 heavy (non-hydrogen) atoms. The Morgan fingerprint density at radius 3 is 2.65 bits per heavy atom. The fourth-order valence-electron chi connectivity index (χ4n) is 2.60. The van der Waals surface area contributed by atoms with Gasteiger partial charge in [0.2, 0.25) is 0 Å². The highest BCUT2D eigenvalue weighted by Gasteiger charge is 2.37. The Bertz CT molecular complexity index is 680. The fourth-order valence-corrected chi connectivity index (χ4v) is 3.12. The summed E-state index contributed by atoms with van der Waals surface area (Å²) >= 11 is 3.59. The smallest absolute Gasteiger partial charge is 0.130 e. The van der Waals surface area contributed by atoms with Crippen LogP contribution in [0.1, 0.15) is 11.3 Å². The zero-order chi connectivity index (χ0) is 16.3. The van der Waals surface area contributed by atoms with Gasteiger partial charge in [-0.3, -0.25) is 0 Å². The number of pyridine rings is 1. The van der Waals surface area contributed by atoms with Crippen molar-refractivity contribution in [1.29, 1.82) is 0 Å². The lowest BCUT2D eigenvalue weighted by molar-refractivity contribution is -0.0885. The normalized spacial score (nSPS) is 15.8. The summed E-state index contributed by atoms with van der Waals surface area (Å²) in [5.74, 6) is 0.870. The van der Waals surface area contributed by atoms with Gasteiger partial charge in [0, 0.05) is 34.4 Å². The van der Waals surface area contributed by atoms with Gasteiger partial charge in [-0.1, -0.05) is 22.0 Å². The highest BCUT2D eigenvalue weighted by atomic mass is 79.9. The number of alkyl halides is 1. The first-order valence-corrected chi connectivity index (χ1v) is 8.91. The standard InChI is InChI=1S/C18H22BrN3O/c1-13-8-15(22-17-5-3-4-14(2)21-17)6-7-16(13)20-10-18(9-19)11-23-12-18/h3-8,20H,9-12H2,1-2H3,(H,21,22). The minimum Gasteiger partial charge on any atom is -0.384 e. The van der Waals surface area contributed by atoms with Crippen molar-refractivity contribution < 1.29 is 4.74 Å². The second-order valence-corrected chi connectivity index (χ2v) is 6.86. The van der Waals surface area contributed by atoms with Crippen molar-refractivity contribution in [2.75, 3.05) is 35.7 Å². The van der Waals surface area contributed by atoms with Crippen molar-refractivity contribution in [3.05, 3.63) is 47.7 Å². The number of rotatable bonds is 6. The van der Waals surface area contributed by atoms with Crippen LogP contribution in [0.25, 0.3) is 0 Å². The molecule has 1 aromatic heterocycles. The van der Waals surface area contributed by atoms with E-state index in [1.54, 1.807) is 0 Å². The van der Waals surface area contributed by atoms with Crippen LogP contribution < -0.4 is 10.6 Å². The van der Waals surface area contributed by atoms with Crippen molar-refractivity contribution in [2.24, 2.45) is 5.41 Å². The van der Waals surface area contributed by atoms with Gasteiger partial charge in [-0.25, -0.2) is 4.98 Å². The van der Waals surface area contributed by atoms with Crippen LogP contribution in [-0.4, -0.2) is 30.1 Å². The van der Waals surface area contributed by atoms with E-state index in [0.29, 0.717) is 0 Å². The molecule has 5 heteroatoms. The number of anilines is 3. The summed E-state index contributed by atoms with van der Waals surface area (Å²) in [6.45, 7) is 6.68. The molecule has 2 heterocycles. The Hall–Kier alpha value is -1.59. The molecule has 0 aliphatic carbocycles. The minimum atomic E-state index is 0.231. The molecular weight excluding hydrogens is 354 g/mol. The maximum atomic E-state index is 5.36. The Kier molecular flexibility index (Phi) is 4.87. The SMILES string of the molecule is Cc1cccc(Nc2ccc(NCC3(CBr)COC3)c(C)c2)n1. The molecule has 1 aliphatic heterocycles. The Balaban J connectivity index is 1.66. The molecule has 0 spiro atoms. The average molecular weight is 376 g/mol. The van der Waals surface area contributed by atoms with Gasteiger partial charge in [-0.05, 0) is 49.7 Å². The van der Waals surface area contributed by atoms with Crippen LogP contribution in [0, 0.1) is 19.3 Å². The fraction of sp³-hybridized carbons (Fsp3) is 0.389. The van der Waals surface area contributed by atoms with Crippen LogP contribution >= 0.6 is 15.9 Å². The zero-order valence-electron chi connectivity index (χ0n) is 13.5. The molecule has 1 saturated heterocycles. The van der Waals surface area contributed by atoms with Gasteiger partial charge in [0.1, 0.15) is 5.82 Å². The predicted molar refractivity (Wildman–Crippen MR) is 99.0 cm³/mol. The molecule has 1 fully saturated rings. The van der Waals surface area contributed by atoms with Crippen LogP contribution in [0.3, 0.4) is 0 Å². The van der Waals surface area contributed by atoms with Gasteiger partial charge in [-0.15, -0.1) is 0 Å². The first kappa shape index (κ1) is 16.3. The summed E-state index contributed by atoms with van der Waals surface area (Å²) in [4.78, 5) is 4.47. The van der Waals surface area contributed by atoms with Crippen molar-refractivity contribution in [3.63, 3.8) is 0 Å². The molecule has 0 saturated carbocycles. The summed E-state index contributed by atoms with van der Waals surface area (Å²) in [6, 6.07) is 12.3. The Morgan fingerprint density at radius 2 is 2.04 bits per heavy atom. The monoisotopic (exact) mass is 375 g/mol. The van der Waals surface area contributed by atoms with E-state index in [-0.39, 0.29) is 5.41 Å². The summed E-state index contributed by atoms with van der Waals surface area (Å²) in [5.41, 5.74) is 4.67. The van der Waals surface area contributed by atoms with Crippen LogP contribution in [0.5, 0.6) is 0 Å². The highest BCUT2D eigenvalue weighted by molar-refractivity contribution is 9.09. The van der Waals surface area contributed by atoms with Gasteiger partial charge in [0.25, 0.3) is 0 Å². The quantitative estimate of drug-likeness (QED) is 0.740. The van der Waals surface area contributed by atoms with Crippen LogP contribution in [0.2, 0.25) is 0 Å². The van der Waals surface area contributed by atoms with Crippen molar-refractivity contribution in [3.8, 4) is 0 Å². The van der Waals surface area contributed by atoms with Gasteiger partial charge in [0.05, 0.1) is 13.2 Å². The molecule has 2 aromatic rings. The third kappa shape index (κ3) is 3.85. The predicted octanol–water partition coefficient (Wildman–Crippen LogP) is 4.27. The maximum absolute atomic E-state index is 5.36. The summed E-state index contributed by atoms with van der Waals surface area (Å²) in [6.07, 6.45) is 0. The van der Waals surface area contributed by atoms with E-state index >= 15 is 0 Å². The summed E-state index contributed by atoms with van der Waals surface area (Å²) in [7, 11) is 0. The van der Waals surface area contributed by atoms with E-state index in [1.165, 1.54) is 11.3 Å². The van der Waals surface area contributed by atoms with E-state index in [2.05, 4.69) is 56.7 Å². The molecule has 1 aromatic carbocycles. The summed E-state index contributed by atoms with van der Waals surface area (Å²) in [5, 5.41) is 7.87. The minimum absolute atomic E-state index is 0.231. The average Bonchev–Trinajstić information content (AvgIpc) is 2.48. The number of nitrogens with zero attached hydrogens (tertiary/aromatic N) is 1. The third-order valence-electron chi connectivity index (χ3n) is 4.14. The van der Waals surface area contributed by atoms with Gasteiger partial charge in [-0.2, -0.15) is 0 Å². The molecule has 0 unspecified atom stereocenters. The molecule has 1 aliphatic rings. The lowest BCUT2D eigenvalue weighted by Gasteiger charge is -2.40. The van der Waals surface area contributed by atoms with Crippen molar-refractivity contribution >= 4 is 33.1 Å². The van der Waals surface area contributed by atoms with E-state index in [1.807, 2.05) is 25.1 Å². The van der Waals surface area contributed by atoms with Crippen molar-refractivity contribution in [1.82, 2.24) is 4.98 Å². The van der Waals surface area contributed by atoms with Crippen LogP contribution in [0.4, 0.5) is 17.2 Å².